The molecule has 7 atom stereocenters. The molecule has 0 spiro atoms. The number of nitrogens with one attached hydrogen (secondary N) is 2. The highest BCUT2D eigenvalue weighted by Crippen LogP contribution is 2.48. The monoisotopic (exact) mass is 820 g/mol. The van der Waals surface area contributed by atoms with Gasteiger partial charge in [0.15, 0.2) is 11.4 Å². The zero-order chi connectivity index (χ0) is 42.8. The van der Waals surface area contributed by atoms with Crippen LogP contribution in [-0.2, 0) is 53.2 Å². The van der Waals surface area contributed by atoms with Crippen molar-refractivity contribution in [2.45, 2.75) is 142 Å². The third-order valence-corrected chi connectivity index (χ3v) is 11.3. The van der Waals surface area contributed by atoms with Crippen LogP contribution in [0.25, 0.3) is 0 Å². The number of alkyl carbamates (subject to hydrolysis) is 1. The van der Waals surface area contributed by atoms with Crippen molar-refractivity contribution in [2.75, 3.05) is 6.54 Å². The zero-order valence-electron chi connectivity index (χ0n) is 35.1. The van der Waals surface area contributed by atoms with Crippen molar-refractivity contribution in [1.29, 1.82) is 0 Å². The molecule has 1 aliphatic heterocycles. The van der Waals surface area contributed by atoms with Gasteiger partial charge in [-0.1, -0.05) is 131 Å². The fourth-order valence-corrected chi connectivity index (χ4v) is 7.40. The lowest BCUT2D eigenvalue weighted by molar-refractivity contribution is -0.332. The number of halogens is 2. The van der Waals surface area contributed by atoms with Crippen molar-refractivity contribution in [3.05, 3.63) is 108 Å². The van der Waals surface area contributed by atoms with Gasteiger partial charge in [0.2, 0.25) is 5.91 Å². The highest BCUT2D eigenvalue weighted by Gasteiger charge is 2.63. The summed E-state index contributed by atoms with van der Waals surface area (Å²) in [5.74, 6) is -5.01. The van der Waals surface area contributed by atoms with Crippen LogP contribution in [0.1, 0.15) is 103 Å². The van der Waals surface area contributed by atoms with Crippen LogP contribution < -0.4 is 10.6 Å². The van der Waals surface area contributed by atoms with E-state index in [1.54, 1.807) is 19.1 Å². The van der Waals surface area contributed by atoms with E-state index in [0.29, 0.717) is 25.7 Å². The first kappa shape index (κ1) is 47.2. The van der Waals surface area contributed by atoms with Crippen molar-refractivity contribution in [3.8, 4) is 0 Å². The molecule has 12 heteroatoms. The predicted molar refractivity (Wildman–Crippen MR) is 221 cm³/mol. The SMILES string of the molecule is CC[C@H]1O[C@@](C)(C(F)(F)CCCCCC[C@H](NC(=O)OCc2ccccc2)C(=O)NCC(=O)C[C@@H](C)C(C)=O)[C@H](OCc2ccccc2)[C@@H](OCc2ccccc2)[C@H]1C. The topological polar surface area (TPSA) is 129 Å². The maximum atomic E-state index is 16.8. The molecule has 1 saturated heterocycles. The highest BCUT2D eigenvalue weighted by molar-refractivity contribution is 5.92. The van der Waals surface area contributed by atoms with E-state index < -0.39 is 60.2 Å². The zero-order valence-corrected chi connectivity index (χ0v) is 35.1. The first-order valence-corrected chi connectivity index (χ1v) is 20.9. The van der Waals surface area contributed by atoms with E-state index in [0.717, 1.165) is 16.7 Å². The summed E-state index contributed by atoms with van der Waals surface area (Å²) in [6.45, 7) is 8.46. The Morgan fingerprint density at radius 3 is 1.92 bits per heavy atom. The van der Waals surface area contributed by atoms with Gasteiger partial charge in [-0.05, 0) is 49.8 Å². The average molecular weight is 821 g/mol. The van der Waals surface area contributed by atoms with Crippen LogP contribution in [0.15, 0.2) is 91.0 Å². The molecule has 3 aromatic rings. The minimum atomic E-state index is -3.30. The van der Waals surface area contributed by atoms with E-state index in [1.165, 1.54) is 13.8 Å². The molecule has 0 unspecified atom stereocenters. The summed E-state index contributed by atoms with van der Waals surface area (Å²) in [5.41, 5.74) is 0.553. The number of ether oxygens (including phenoxy) is 4. The number of carbonyl (C=O) groups is 4. The quantitative estimate of drug-likeness (QED) is 0.0858. The number of rotatable bonds is 24. The Hall–Kier alpha value is -4.52. The van der Waals surface area contributed by atoms with Crippen molar-refractivity contribution in [2.24, 2.45) is 11.8 Å². The van der Waals surface area contributed by atoms with Crippen LogP contribution in [0, 0.1) is 11.8 Å². The van der Waals surface area contributed by atoms with Crippen LogP contribution >= 0.6 is 0 Å². The van der Waals surface area contributed by atoms with Gasteiger partial charge in [0.1, 0.15) is 24.5 Å². The second-order valence-electron chi connectivity index (χ2n) is 15.9. The second kappa shape index (κ2) is 23.3. The molecule has 2 amide bonds. The van der Waals surface area contributed by atoms with Crippen LogP contribution in [0.3, 0.4) is 0 Å². The van der Waals surface area contributed by atoms with Crippen LogP contribution in [0.2, 0.25) is 0 Å². The number of unbranched alkanes of at least 4 members (excludes halogenated alkanes) is 3. The molecule has 4 rings (SSSR count). The van der Waals surface area contributed by atoms with Crippen LogP contribution in [0.5, 0.6) is 0 Å². The van der Waals surface area contributed by atoms with Gasteiger partial charge in [-0.15, -0.1) is 0 Å². The van der Waals surface area contributed by atoms with Gasteiger partial charge in [0.25, 0.3) is 5.92 Å². The molecule has 0 bridgehead atoms. The van der Waals surface area contributed by atoms with Gasteiger partial charge >= 0.3 is 6.09 Å². The predicted octanol–water partition coefficient (Wildman–Crippen LogP) is 8.93. The summed E-state index contributed by atoms with van der Waals surface area (Å²) in [5, 5.41) is 5.17. The maximum Gasteiger partial charge on any atom is 0.408 e. The first-order valence-electron chi connectivity index (χ1n) is 20.9. The molecule has 2 N–H and O–H groups in total. The molecule has 0 radical (unpaired) electrons. The number of hydrogen-bond acceptors (Lipinski definition) is 8. The van der Waals surface area contributed by atoms with Crippen molar-refractivity contribution in [3.63, 3.8) is 0 Å². The van der Waals surface area contributed by atoms with Gasteiger partial charge in [0.05, 0.1) is 32.0 Å². The molecule has 3 aromatic carbocycles. The smallest absolute Gasteiger partial charge is 0.408 e. The van der Waals surface area contributed by atoms with Crippen molar-refractivity contribution in [1.82, 2.24) is 10.6 Å². The summed E-state index contributed by atoms with van der Waals surface area (Å²) in [4.78, 5) is 50.0. The number of ketones is 2. The van der Waals surface area contributed by atoms with Crippen molar-refractivity contribution < 1.29 is 46.9 Å². The molecule has 0 aliphatic carbocycles. The van der Waals surface area contributed by atoms with E-state index in [1.807, 2.05) is 92.7 Å². The number of Topliss-reactive ketones (excluding diaryl/α,β-unsaturated/α-hetero) is 2. The van der Waals surface area contributed by atoms with Gasteiger partial charge in [-0.3, -0.25) is 14.4 Å². The minimum Gasteiger partial charge on any atom is -0.445 e. The Balaban J connectivity index is 1.39. The van der Waals surface area contributed by atoms with E-state index in [2.05, 4.69) is 10.6 Å². The van der Waals surface area contributed by atoms with Gasteiger partial charge in [-0.25, -0.2) is 13.6 Å². The van der Waals surface area contributed by atoms with Gasteiger partial charge < -0.3 is 29.6 Å². The second-order valence-corrected chi connectivity index (χ2v) is 15.9. The minimum absolute atomic E-state index is 0.00472. The van der Waals surface area contributed by atoms with E-state index in [4.69, 9.17) is 18.9 Å². The van der Waals surface area contributed by atoms with Crippen molar-refractivity contribution >= 4 is 23.6 Å². The standard InChI is InChI=1S/C47H62F2N2O8/c1-6-41-34(3)42(56-30-36-20-12-9-13-21-36)43(57-31-37-22-14-10-15-23-37)46(5,59-41)47(48,49)27-19-8-7-18-26-40(44(54)50-29-39(53)28-33(2)35(4)52)51-45(55)58-32-38-24-16-11-17-25-38/h9-17,20-25,33-34,40-43H,6-8,18-19,26-32H2,1-5H3,(H,50,54)(H,51,55)/t33-,34+,40+,41-,42+,43-,46-/m1/s1. The first-order chi connectivity index (χ1) is 28.2. The summed E-state index contributed by atoms with van der Waals surface area (Å²) < 4.78 is 58.2. The molecule has 59 heavy (non-hydrogen) atoms. The number of carbonyl (C=O) groups excluding carboxylic acids is 4. The van der Waals surface area contributed by atoms with E-state index in [-0.39, 0.29) is 63.1 Å². The molecular formula is C47H62F2N2O8. The number of amides is 2. The number of hydrogen-bond donors (Lipinski definition) is 2. The number of alkyl halides is 2. The Morgan fingerprint density at radius 1 is 0.814 bits per heavy atom. The lowest BCUT2D eigenvalue weighted by atomic mass is 9.76. The molecular weight excluding hydrogens is 759 g/mol. The Bertz CT molecular complexity index is 1750. The van der Waals surface area contributed by atoms with Crippen LogP contribution in [-0.4, -0.2) is 66.0 Å². The third-order valence-electron chi connectivity index (χ3n) is 11.3. The number of benzene rings is 3. The third kappa shape index (κ3) is 14.3. The lowest BCUT2D eigenvalue weighted by Gasteiger charge is -2.53. The Kier molecular flexibility index (Phi) is 18.6. The molecule has 1 heterocycles. The average Bonchev–Trinajstić information content (AvgIpc) is 3.23. The molecule has 10 nitrogen and oxygen atoms in total. The summed E-state index contributed by atoms with van der Waals surface area (Å²) in [7, 11) is 0. The lowest BCUT2D eigenvalue weighted by Crippen LogP contribution is -2.68. The fraction of sp³-hybridized carbons (Fsp3) is 0.532. The van der Waals surface area contributed by atoms with Gasteiger partial charge in [-0.2, -0.15) is 0 Å². The fourth-order valence-electron chi connectivity index (χ4n) is 7.40. The summed E-state index contributed by atoms with van der Waals surface area (Å²) in [6, 6.07) is 27.1. The summed E-state index contributed by atoms with van der Waals surface area (Å²) >= 11 is 0. The van der Waals surface area contributed by atoms with E-state index in [9.17, 15) is 19.2 Å². The van der Waals surface area contributed by atoms with Crippen LogP contribution in [0.4, 0.5) is 13.6 Å². The highest BCUT2D eigenvalue weighted by atomic mass is 19.3. The molecule has 1 aliphatic rings. The Morgan fingerprint density at radius 2 is 1.36 bits per heavy atom. The largest absolute Gasteiger partial charge is 0.445 e. The Labute approximate surface area is 348 Å². The molecule has 1 fully saturated rings. The molecule has 322 valence electrons. The maximum absolute atomic E-state index is 16.8. The van der Waals surface area contributed by atoms with Gasteiger partial charge in [0, 0.05) is 24.7 Å². The van der Waals surface area contributed by atoms with E-state index >= 15 is 8.78 Å². The molecule has 0 saturated carbocycles. The summed E-state index contributed by atoms with van der Waals surface area (Å²) in [6.07, 6.45) is -1.27. The molecule has 0 aromatic heterocycles. The normalized spacial score (nSPS) is 21.5.